The molecule has 1 aromatic rings. The fourth-order valence-corrected chi connectivity index (χ4v) is 5.78. The highest BCUT2D eigenvalue weighted by Gasteiger charge is 2.36. The zero-order valence-electron chi connectivity index (χ0n) is 15.9. The van der Waals surface area contributed by atoms with Crippen LogP contribution in [0.5, 0.6) is 5.75 Å². The lowest BCUT2D eigenvalue weighted by Gasteiger charge is -2.37. The third-order valence-electron chi connectivity index (χ3n) is 5.57. The van der Waals surface area contributed by atoms with Crippen molar-refractivity contribution >= 4 is 27.5 Å². The number of amides is 1. The lowest BCUT2D eigenvalue weighted by atomic mass is 9.94. The smallest absolute Gasteiger partial charge is 0.246 e. The van der Waals surface area contributed by atoms with Gasteiger partial charge in [0, 0.05) is 31.2 Å². The van der Waals surface area contributed by atoms with E-state index in [4.69, 9.17) is 16.3 Å². The fourth-order valence-electron chi connectivity index (χ4n) is 3.84. The van der Waals surface area contributed by atoms with Gasteiger partial charge in [0.2, 0.25) is 15.9 Å². The van der Waals surface area contributed by atoms with Crippen LogP contribution in [0, 0.1) is 11.8 Å². The molecule has 0 radical (unpaired) electrons. The van der Waals surface area contributed by atoms with E-state index in [2.05, 4.69) is 6.92 Å². The molecule has 1 amide bonds. The molecule has 2 heterocycles. The van der Waals surface area contributed by atoms with E-state index in [0.29, 0.717) is 23.9 Å². The van der Waals surface area contributed by atoms with Crippen LogP contribution in [0.3, 0.4) is 0 Å². The van der Waals surface area contributed by atoms with E-state index in [9.17, 15) is 13.2 Å². The van der Waals surface area contributed by atoms with Gasteiger partial charge < -0.3 is 9.64 Å². The normalized spacial score (nSPS) is 22.6. The van der Waals surface area contributed by atoms with Gasteiger partial charge in [-0.2, -0.15) is 4.31 Å². The van der Waals surface area contributed by atoms with Crippen molar-refractivity contribution in [1.29, 1.82) is 0 Å². The molecular formula is C19H27ClN2O4S. The summed E-state index contributed by atoms with van der Waals surface area (Å²) in [5.74, 6) is 0.706. The quantitative estimate of drug-likeness (QED) is 0.759. The van der Waals surface area contributed by atoms with Gasteiger partial charge >= 0.3 is 0 Å². The first-order chi connectivity index (χ1) is 12.8. The van der Waals surface area contributed by atoms with Gasteiger partial charge in [0.1, 0.15) is 10.6 Å². The van der Waals surface area contributed by atoms with Gasteiger partial charge in [0.25, 0.3) is 0 Å². The molecule has 0 unspecified atom stereocenters. The molecule has 0 N–H and O–H groups in total. The molecule has 8 heteroatoms. The molecule has 6 nitrogen and oxygen atoms in total. The highest BCUT2D eigenvalue weighted by molar-refractivity contribution is 7.89. The van der Waals surface area contributed by atoms with Crippen LogP contribution in [0.2, 0.25) is 5.02 Å². The maximum absolute atomic E-state index is 13.2. The first-order valence-electron chi connectivity index (χ1n) is 9.45. The summed E-state index contributed by atoms with van der Waals surface area (Å²) in [4.78, 5) is 14.9. The summed E-state index contributed by atoms with van der Waals surface area (Å²) in [5.41, 5.74) is 0. The summed E-state index contributed by atoms with van der Waals surface area (Å²) >= 11 is 6.01. The topological polar surface area (TPSA) is 66.9 Å². The van der Waals surface area contributed by atoms with E-state index in [1.54, 1.807) is 12.1 Å². The second-order valence-corrected chi connectivity index (χ2v) is 9.85. The second-order valence-electron chi connectivity index (χ2n) is 7.51. The van der Waals surface area contributed by atoms with Crippen LogP contribution in [0.25, 0.3) is 0 Å². The van der Waals surface area contributed by atoms with Crippen molar-refractivity contribution in [2.75, 3.05) is 33.3 Å². The number of carbonyl (C=O) groups excluding carboxylic acids is 1. The Morgan fingerprint density at radius 3 is 2.56 bits per heavy atom. The second kappa shape index (κ2) is 8.37. The molecule has 3 rings (SSSR count). The first-order valence-corrected chi connectivity index (χ1v) is 11.3. The zero-order chi connectivity index (χ0) is 19.6. The Bertz CT molecular complexity index is 791. The number of benzene rings is 1. The van der Waals surface area contributed by atoms with Gasteiger partial charge in [-0.05, 0) is 49.8 Å². The van der Waals surface area contributed by atoms with Crippen molar-refractivity contribution in [1.82, 2.24) is 9.21 Å². The molecule has 2 saturated heterocycles. The summed E-state index contributed by atoms with van der Waals surface area (Å²) in [5, 5.41) is 0.335. The van der Waals surface area contributed by atoms with Crippen molar-refractivity contribution in [3.05, 3.63) is 23.2 Å². The lowest BCUT2D eigenvalue weighted by molar-refractivity contribution is -0.138. The van der Waals surface area contributed by atoms with E-state index in [1.807, 2.05) is 4.90 Å². The largest absolute Gasteiger partial charge is 0.495 e. The Morgan fingerprint density at radius 2 is 1.89 bits per heavy atom. The number of piperidine rings is 2. The van der Waals surface area contributed by atoms with Crippen molar-refractivity contribution < 1.29 is 17.9 Å². The average molecular weight is 415 g/mol. The molecule has 1 aromatic carbocycles. The molecule has 0 aromatic heterocycles. The maximum atomic E-state index is 13.2. The molecule has 2 fully saturated rings. The number of ether oxygens (including phenoxy) is 1. The molecule has 0 saturated carbocycles. The number of sulfonamides is 1. The molecule has 0 aliphatic carbocycles. The summed E-state index contributed by atoms with van der Waals surface area (Å²) in [6, 6.07) is 4.56. The number of methoxy groups -OCH3 is 1. The number of hydrogen-bond donors (Lipinski definition) is 0. The Balaban J connectivity index is 1.77. The number of hydrogen-bond acceptors (Lipinski definition) is 4. The van der Waals surface area contributed by atoms with Crippen LogP contribution < -0.4 is 4.74 Å². The monoisotopic (exact) mass is 414 g/mol. The molecule has 150 valence electrons. The maximum Gasteiger partial charge on any atom is 0.246 e. The van der Waals surface area contributed by atoms with Crippen molar-refractivity contribution in [3.63, 3.8) is 0 Å². The first kappa shape index (κ1) is 20.4. The summed E-state index contributed by atoms with van der Waals surface area (Å²) in [6.07, 6.45) is 3.42. The van der Waals surface area contributed by atoms with Crippen LogP contribution in [0.15, 0.2) is 23.1 Å². The third-order valence-corrected chi connectivity index (χ3v) is 7.69. The van der Waals surface area contributed by atoms with Crippen LogP contribution >= 0.6 is 11.6 Å². The van der Waals surface area contributed by atoms with E-state index < -0.39 is 10.0 Å². The number of rotatable bonds is 4. The Labute approximate surface area is 166 Å². The minimum absolute atomic E-state index is 0.0531. The minimum atomic E-state index is -3.78. The van der Waals surface area contributed by atoms with E-state index in [-0.39, 0.29) is 29.0 Å². The summed E-state index contributed by atoms with van der Waals surface area (Å²) in [7, 11) is -2.35. The number of likely N-dealkylation sites (tertiary alicyclic amines) is 1. The van der Waals surface area contributed by atoms with Crippen molar-refractivity contribution in [2.45, 2.75) is 37.5 Å². The van der Waals surface area contributed by atoms with Gasteiger partial charge in [-0.1, -0.05) is 18.5 Å². The molecule has 2 aliphatic heterocycles. The summed E-state index contributed by atoms with van der Waals surface area (Å²) < 4.78 is 33.0. The minimum Gasteiger partial charge on any atom is -0.495 e. The standard InChI is InChI=1S/C19H27ClN2O4S/c1-14-7-10-21(11-8-14)19(23)15-4-3-9-22(13-15)27(24,25)18-12-16(20)5-6-17(18)26-2/h5-6,12,14-15H,3-4,7-11,13H2,1-2H3/t15-/m0/s1. The van der Waals surface area contributed by atoms with Gasteiger partial charge in [0.05, 0.1) is 13.0 Å². The molecule has 2 aliphatic rings. The Morgan fingerprint density at radius 1 is 1.19 bits per heavy atom. The lowest BCUT2D eigenvalue weighted by Crippen LogP contribution is -2.48. The molecule has 1 atom stereocenters. The predicted octanol–water partition coefficient (Wildman–Crippen LogP) is 3.01. The van der Waals surface area contributed by atoms with Gasteiger partial charge in [-0.25, -0.2) is 8.42 Å². The SMILES string of the molecule is COc1ccc(Cl)cc1S(=O)(=O)N1CCC[C@H](C(=O)N2CCC(C)CC2)C1. The molecular weight excluding hydrogens is 388 g/mol. The van der Waals surface area contributed by atoms with Crippen LogP contribution in [0.4, 0.5) is 0 Å². The Kier molecular flexibility index (Phi) is 6.33. The molecule has 0 bridgehead atoms. The Hall–Kier alpha value is -1.31. The van der Waals surface area contributed by atoms with E-state index >= 15 is 0 Å². The molecule has 0 spiro atoms. The van der Waals surface area contributed by atoms with E-state index in [1.165, 1.54) is 17.5 Å². The van der Waals surface area contributed by atoms with Crippen LogP contribution in [-0.4, -0.2) is 56.8 Å². The zero-order valence-corrected chi connectivity index (χ0v) is 17.4. The highest BCUT2D eigenvalue weighted by Crippen LogP contribution is 2.32. The van der Waals surface area contributed by atoms with Crippen molar-refractivity contribution in [3.8, 4) is 5.75 Å². The van der Waals surface area contributed by atoms with Gasteiger partial charge in [0.15, 0.2) is 0 Å². The fraction of sp³-hybridized carbons (Fsp3) is 0.632. The third kappa shape index (κ3) is 4.41. The van der Waals surface area contributed by atoms with Crippen molar-refractivity contribution in [2.24, 2.45) is 11.8 Å². The highest BCUT2D eigenvalue weighted by atomic mass is 35.5. The molecule has 27 heavy (non-hydrogen) atoms. The van der Waals surface area contributed by atoms with E-state index in [0.717, 1.165) is 32.4 Å². The van der Waals surface area contributed by atoms with Gasteiger partial charge in [-0.15, -0.1) is 0 Å². The van der Waals surface area contributed by atoms with Gasteiger partial charge in [-0.3, -0.25) is 4.79 Å². The average Bonchev–Trinajstić information content (AvgIpc) is 2.68. The number of halogens is 1. The number of nitrogens with zero attached hydrogens (tertiary/aromatic N) is 2. The summed E-state index contributed by atoms with van der Waals surface area (Å²) in [6.45, 7) is 4.35. The van der Waals surface area contributed by atoms with Crippen LogP contribution in [-0.2, 0) is 14.8 Å². The number of carbonyl (C=O) groups is 1. The van der Waals surface area contributed by atoms with Crippen LogP contribution in [0.1, 0.15) is 32.6 Å². The predicted molar refractivity (Wildman–Crippen MR) is 104 cm³/mol.